The van der Waals surface area contributed by atoms with Gasteiger partial charge in [-0.25, -0.2) is 9.37 Å². The molecule has 1 saturated carbocycles. The van der Waals surface area contributed by atoms with E-state index in [1.807, 2.05) is 0 Å². The van der Waals surface area contributed by atoms with Crippen LogP contribution in [-0.2, 0) is 10.2 Å². The number of halogens is 2. The van der Waals surface area contributed by atoms with Crippen LogP contribution >= 0.6 is 11.6 Å². The Morgan fingerprint density at radius 3 is 2.59 bits per heavy atom. The van der Waals surface area contributed by atoms with Crippen LogP contribution in [0.3, 0.4) is 0 Å². The molecule has 3 N–H and O–H groups in total. The highest BCUT2D eigenvalue weighted by atomic mass is 35.5. The maximum atomic E-state index is 15.5. The smallest absolute Gasteiger partial charge is 0.258 e. The normalized spacial score (nSPS) is 21.4. The van der Waals surface area contributed by atoms with E-state index in [1.165, 1.54) is 23.2 Å². The Hall–Kier alpha value is -2.87. The van der Waals surface area contributed by atoms with Crippen molar-refractivity contribution in [1.82, 2.24) is 14.8 Å². The lowest BCUT2D eigenvalue weighted by atomic mass is 9.79. The van der Waals surface area contributed by atoms with Crippen molar-refractivity contribution in [1.29, 1.82) is 0 Å². The van der Waals surface area contributed by atoms with Gasteiger partial charge in [-0.1, -0.05) is 11.6 Å². The predicted molar refractivity (Wildman–Crippen MR) is 123 cm³/mol. The molecule has 4 rings (SSSR count). The third-order valence-corrected chi connectivity index (χ3v) is 7.02. The molecular weight excluding hydrogens is 433 g/mol. The molecule has 2 amide bonds. The summed E-state index contributed by atoms with van der Waals surface area (Å²) in [4.78, 5) is 32.5. The highest BCUT2D eigenvalue weighted by Gasteiger charge is 2.49. The second-order valence-electron chi connectivity index (χ2n) is 9.11. The number of fused-ring (bicyclic) bond motifs is 2. The molecule has 0 radical (unpaired) electrons. The van der Waals surface area contributed by atoms with Crippen LogP contribution in [0, 0.1) is 11.7 Å². The van der Waals surface area contributed by atoms with Crippen LogP contribution in [0.15, 0.2) is 18.3 Å². The molecule has 2 heterocycles. The first-order valence-corrected chi connectivity index (χ1v) is 10.9. The van der Waals surface area contributed by atoms with Crippen molar-refractivity contribution in [3.05, 3.63) is 40.3 Å². The monoisotopic (exact) mass is 459 g/mol. The van der Waals surface area contributed by atoms with Crippen LogP contribution in [0.2, 0.25) is 5.02 Å². The second-order valence-corrected chi connectivity index (χ2v) is 9.48. The summed E-state index contributed by atoms with van der Waals surface area (Å²) in [6.45, 7) is 0.629. The number of nitrogens with zero attached hydrogens (tertiary/aromatic N) is 3. The lowest BCUT2D eigenvalue weighted by Crippen LogP contribution is -2.31. The third kappa shape index (κ3) is 3.37. The van der Waals surface area contributed by atoms with Crippen LogP contribution in [0.1, 0.15) is 35.2 Å². The average molecular weight is 460 g/mol. The van der Waals surface area contributed by atoms with Gasteiger partial charge < -0.3 is 20.9 Å². The van der Waals surface area contributed by atoms with Crippen LogP contribution in [0.4, 0.5) is 15.9 Å². The Bertz CT molecular complexity index is 1120. The fraction of sp³-hybridized carbons (Fsp3) is 0.435. The molecule has 1 aliphatic carbocycles. The number of carbonyl (C=O) groups excluding carboxylic acids is 2. The Morgan fingerprint density at radius 1 is 1.22 bits per heavy atom. The first-order chi connectivity index (χ1) is 15.1. The molecule has 1 fully saturated rings. The van der Waals surface area contributed by atoms with Crippen LogP contribution < -0.4 is 11.1 Å². The summed E-state index contributed by atoms with van der Waals surface area (Å²) in [5, 5.41) is 3.71. The number of nitrogen functional groups attached to an aromatic ring is 1. The molecule has 7 nitrogen and oxygen atoms in total. The van der Waals surface area contributed by atoms with Gasteiger partial charge in [-0.15, -0.1) is 0 Å². The summed E-state index contributed by atoms with van der Waals surface area (Å²) in [6, 6.07) is 3.03. The standard InChI is InChI=1S/C23H27ClFN5O2/c1-29(2)21(31)12-7-8-23(9-12)11-28-20-17(23)18(24)14(10-27-20)13-5-6-15(26)16(19(13)25)22(32)30(3)4/h5-6,10,12H,7-9,11,26H2,1-4H3,(H,27,28)/t12-,23-/m0/s1. The second kappa shape index (κ2) is 7.92. The maximum absolute atomic E-state index is 15.5. The van der Waals surface area contributed by atoms with Crippen LogP contribution in [0.25, 0.3) is 11.1 Å². The van der Waals surface area contributed by atoms with Gasteiger partial charge in [-0.2, -0.15) is 0 Å². The number of hydrogen-bond acceptors (Lipinski definition) is 5. The number of anilines is 2. The lowest BCUT2D eigenvalue weighted by Gasteiger charge is -2.26. The summed E-state index contributed by atoms with van der Waals surface area (Å²) in [5.74, 6) is -0.565. The summed E-state index contributed by atoms with van der Waals surface area (Å²) < 4.78 is 15.5. The summed E-state index contributed by atoms with van der Waals surface area (Å²) in [6.07, 6.45) is 3.72. The minimum atomic E-state index is -0.723. The first kappa shape index (κ1) is 22.3. The zero-order valence-corrected chi connectivity index (χ0v) is 19.4. The minimum absolute atomic E-state index is 0.0640. The van der Waals surface area contributed by atoms with E-state index in [0.717, 1.165) is 18.4 Å². The van der Waals surface area contributed by atoms with Crippen molar-refractivity contribution in [2.75, 3.05) is 45.8 Å². The molecule has 0 saturated heterocycles. The van der Waals surface area contributed by atoms with Crippen molar-refractivity contribution in [2.45, 2.75) is 24.7 Å². The van der Waals surface area contributed by atoms with Crippen LogP contribution in [0.5, 0.6) is 0 Å². The number of nitrogens with two attached hydrogens (primary N) is 1. The largest absolute Gasteiger partial charge is 0.398 e. The van der Waals surface area contributed by atoms with Gasteiger partial charge in [0, 0.05) is 74.6 Å². The molecule has 1 aromatic heterocycles. The van der Waals surface area contributed by atoms with Gasteiger partial charge in [0.05, 0.1) is 10.6 Å². The van der Waals surface area contributed by atoms with Gasteiger partial charge in [-0.3, -0.25) is 9.59 Å². The number of hydrogen-bond donors (Lipinski definition) is 2. The minimum Gasteiger partial charge on any atom is -0.398 e. The Labute approximate surface area is 191 Å². The fourth-order valence-corrected chi connectivity index (χ4v) is 5.41. The van der Waals surface area contributed by atoms with E-state index in [4.69, 9.17) is 17.3 Å². The topological polar surface area (TPSA) is 91.6 Å². The molecule has 0 bridgehead atoms. The van der Waals surface area contributed by atoms with Gasteiger partial charge in [0.2, 0.25) is 5.91 Å². The third-order valence-electron chi connectivity index (χ3n) is 6.62. The molecule has 2 aliphatic rings. The quantitative estimate of drug-likeness (QED) is 0.686. The molecule has 32 heavy (non-hydrogen) atoms. The van der Waals surface area contributed by atoms with E-state index in [9.17, 15) is 9.59 Å². The molecule has 0 unspecified atom stereocenters. The van der Waals surface area contributed by atoms with Crippen molar-refractivity contribution >= 4 is 34.9 Å². The molecule has 1 spiro atoms. The van der Waals surface area contributed by atoms with Gasteiger partial charge in [-0.05, 0) is 31.4 Å². The summed E-state index contributed by atoms with van der Waals surface area (Å²) in [5.41, 5.74) is 6.86. The van der Waals surface area contributed by atoms with Gasteiger partial charge in [0.1, 0.15) is 11.6 Å². The average Bonchev–Trinajstić information content (AvgIpc) is 3.33. The number of rotatable bonds is 3. The van der Waals surface area contributed by atoms with E-state index in [0.29, 0.717) is 29.4 Å². The molecule has 2 aromatic rings. The molecule has 1 aliphatic heterocycles. The van der Waals surface area contributed by atoms with E-state index in [1.54, 1.807) is 33.1 Å². The predicted octanol–water partition coefficient (Wildman–Crippen LogP) is 3.38. The molecular formula is C23H27ClFN5O2. The zero-order chi connectivity index (χ0) is 23.4. The van der Waals surface area contributed by atoms with Crippen molar-refractivity contribution in [2.24, 2.45) is 5.92 Å². The molecule has 1 aromatic carbocycles. The Kier molecular flexibility index (Phi) is 5.53. The van der Waals surface area contributed by atoms with E-state index >= 15 is 4.39 Å². The molecule has 2 atom stereocenters. The number of pyridine rings is 1. The number of carbonyl (C=O) groups is 2. The highest BCUT2D eigenvalue weighted by molar-refractivity contribution is 6.34. The van der Waals surface area contributed by atoms with E-state index in [2.05, 4.69) is 10.3 Å². The maximum Gasteiger partial charge on any atom is 0.258 e. The van der Waals surface area contributed by atoms with Crippen molar-refractivity contribution in [3.8, 4) is 11.1 Å². The number of aromatic nitrogens is 1. The lowest BCUT2D eigenvalue weighted by molar-refractivity contribution is -0.132. The first-order valence-electron chi connectivity index (χ1n) is 10.5. The van der Waals surface area contributed by atoms with Crippen LogP contribution in [-0.4, -0.2) is 61.3 Å². The zero-order valence-electron chi connectivity index (χ0n) is 18.6. The molecule has 170 valence electrons. The summed E-state index contributed by atoms with van der Waals surface area (Å²) in [7, 11) is 6.60. The van der Waals surface area contributed by atoms with Gasteiger partial charge in [0.25, 0.3) is 5.91 Å². The number of nitrogens with one attached hydrogen (secondary N) is 1. The summed E-state index contributed by atoms with van der Waals surface area (Å²) >= 11 is 6.89. The SMILES string of the molecule is CN(C)C(=O)c1c(N)ccc(-c2cnc3c(c2Cl)[C@]2(CC[C@H](C(=O)N(C)C)C2)CN3)c1F. The van der Waals surface area contributed by atoms with E-state index < -0.39 is 11.7 Å². The Morgan fingerprint density at radius 2 is 1.94 bits per heavy atom. The molecule has 9 heteroatoms. The van der Waals surface area contributed by atoms with Crippen molar-refractivity contribution in [3.63, 3.8) is 0 Å². The fourth-order valence-electron chi connectivity index (χ4n) is 4.97. The Balaban J connectivity index is 1.80. The van der Waals surface area contributed by atoms with Gasteiger partial charge >= 0.3 is 0 Å². The van der Waals surface area contributed by atoms with Crippen molar-refractivity contribution < 1.29 is 14.0 Å². The number of benzene rings is 1. The van der Waals surface area contributed by atoms with E-state index in [-0.39, 0.29) is 34.1 Å². The number of amides is 2. The van der Waals surface area contributed by atoms with Gasteiger partial charge in [0.15, 0.2) is 0 Å². The highest BCUT2D eigenvalue weighted by Crippen LogP contribution is 2.54.